The van der Waals surface area contributed by atoms with Gasteiger partial charge in [0.05, 0.1) is 9.79 Å². The van der Waals surface area contributed by atoms with E-state index in [1.54, 1.807) is 0 Å². The number of nitrogens with two attached hydrogens (primary N) is 1. The first-order valence-electron chi connectivity index (χ1n) is 6.14. The second-order valence-electron chi connectivity index (χ2n) is 5.03. The van der Waals surface area contributed by atoms with E-state index in [1.165, 1.54) is 29.6 Å². The van der Waals surface area contributed by atoms with Crippen LogP contribution in [0.2, 0.25) is 0 Å². The Morgan fingerprint density at radius 1 is 1.15 bits per heavy atom. The van der Waals surface area contributed by atoms with E-state index < -0.39 is 20.0 Å². The van der Waals surface area contributed by atoms with E-state index in [0.717, 1.165) is 12.5 Å². The molecule has 0 aliphatic heterocycles. The Kier molecular flexibility index (Phi) is 5.31. The molecule has 2 N–H and O–H groups in total. The summed E-state index contributed by atoms with van der Waals surface area (Å²) in [5.74, 6) is 0.378. The van der Waals surface area contributed by atoms with Gasteiger partial charge in [-0.05, 0) is 30.5 Å². The van der Waals surface area contributed by atoms with Crippen LogP contribution in [0.4, 0.5) is 0 Å². The molecule has 8 heteroatoms. The molecule has 0 bridgehead atoms. The Morgan fingerprint density at radius 3 is 2.20 bits per heavy atom. The lowest BCUT2D eigenvalue weighted by atomic mass is 10.1. The number of benzene rings is 1. The zero-order valence-electron chi connectivity index (χ0n) is 11.8. The standard InChI is InChI=1S/C12H20N2O4S2/c1-10(2)7-8-14(3)20(17,18)12-6-4-5-11(9-12)19(13,15)16/h4-6,9-10H,7-8H2,1-3H3,(H2,13,15,16). The van der Waals surface area contributed by atoms with Crippen LogP contribution in [0.25, 0.3) is 0 Å². The molecule has 0 aliphatic carbocycles. The smallest absolute Gasteiger partial charge is 0.225 e. The largest absolute Gasteiger partial charge is 0.242 e. The van der Waals surface area contributed by atoms with E-state index in [1.807, 2.05) is 13.8 Å². The average Bonchev–Trinajstić information content (AvgIpc) is 2.34. The molecular formula is C12H20N2O4S2. The normalized spacial score (nSPS) is 13.1. The minimum atomic E-state index is -3.92. The van der Waals surface area contributed by atoms with Crippen molar-refractivity contribution < 1.29 is 16.8 Å². The fourth-order valence-corrected chi connectivity index (χ4v) is 3.42. The zero-order chi connectivity index (χ0) is 15.6. The van der Waals surface area contributed by atoms with Gasteiger partial charge in [0.25, 0.3) is 0 Å². The van der Waals surface area contributed by atoms with Crippen LogP contribution in [0, 0.1) is 5.92 Å². The molecule has 1 aromatic carbocycles. The van der Waals surface area contributed by atoms with Crippen molar-refractivity contribution in [2.24, 2.45) is 11.1 Å². The molecule has 0 amide bonds. The van der Waals surface area contributed by atoms with Crippen LogP contribution < -0.4 is 5.14 Å². The quantitative estimate of drug-likeness (QED) is 0.845. The maximum absolute atomic E-state index is 12.3. The number of hydrogen-bond acceptors (Lipinski definition) is 4. The zero-order valence-corrected chi connectivity index (χ0v) is 13.4. The number of nitrogens with zero attached hydrogens (tertiary/aromatic N) is 1. The van der Waals surface area contributed by atoms with E-state index in [4.69, 9.17) is 5.14 Å². The third-order valence-electron chi connectivity index (χ3n) is 2.86. The maximum atomic E-state index is 12.3. The molecule has 0 saturated carbocycles. The molecule has 114 valence electrons. The molecule has 0 spiro atoms. The fraction of sp³-hybridized carbons (Fsp3) is 0.500. The molecule has 0 saturated heterocycles. The van der Waals surface area contributed by atoms with Gasteiger partial charge in [0, 0.05) is 13.6 Å². The van der Waals surface area contributed by atoms with Crippen LogP contribution in [0.15, 0.2) is 34.1 Å². The van der Waals surface area contributed by atoms with E-state index in [9.17, 15) is 16.8 Å². The van der Waals surface area contributed by atoms with E-state index in [0.29, 0.717) is 12.5 Å². The summed E-state index contributed by atoms with van der Waals surface area (Å²) < 4.78 is 48.4. The SMILES string of the molecule is CC(C)CCN(C)S(=O)(=O)c1cccc(S(N)(=O)=O)c1. The van der Waals surface area contributed by atoms with Crippen molar-refractivity contribution in [1.82, 2.24) is 4.31 Å². The molecule has 0 atom stereocenters. The van der Waals surface area contributed by atoms with Crippen molar-refractivity contribution in [2.45, 2.75) is 30.1 Å². The fourth-order valence-electron chi connectivity index (χ4n) is 1.55. The van der Waals surface area contributed by atoms with Crippen LogP contribution in [-0.4, -0.2) is 34.7 Å². The van der Waals surface area contributed by atoms with Gasteiger partial charge in [0.2, 0.25) is 20.0 Å². The summed E-state index contributed by atoms with van der Waals surface area (Å²) in [7, 11) is -6.15. The highest BCUT2D eigenvalue weighted by atomic mass is 32.2. The van der Waals surface area contributed by atoms with Gasteiger partial charge in [-0.2, -0.15) is 0 Å². The summed E-state index contributed by atoms with van der Waals surface area (Å²) in [6, 6.07) is 5.07. The molecule has 0 aliphatic rings. The van der Waals surface area contributed by atoms with Gasteiger partial charge in [-0.15, -0.1) is 0 Å². The molecule has 20 heavy (non-hydrogen) atoms. The summed E-state index contributed by atoms with van der Waals surface area (Å²) in [6.07, 6.45) is 0.727. The highest BCUT2D eigenvalue weighted by Gasteiger charge is 2.22. The Balaban J connectivity index is 3.10. The van der Waals surface area contributed by atoms with E-state index >= 15 is 0 Å². The predicted octanol–water partition coefficient (Wildman–Crippen LogP) is 1.00. The third kappa shape index (κ3) is 4.27. The molecule has 0 aromatic heterocycles. The molecule has 0 fully saturated rings. The van der Waals surface area contributed by atoms with Gasteiger partial charge in [0.1, 0.15) is 0 Å². The van der Waals surface area contributed by atoms with Crippen LogP contribution >= 0.6 is 0 Å². The predicted molar refractivity (Wildman–Crippen MR) is 77.1 cm³/mol. The molecule has 1 rings (SSSR count). The number of rotatable bonds is 6. The van der Waals surface area contributed by atoms with Gasteiger partial charge < -0.3 is 0 Å². The molecular weight excluding hydrogens is 300 g/mol. The molecule has 0 radical (unpaired) electrons. The Hall–Kier alpha value is -0.960. The highest BCUT2D eigenvalue weighted by molar-refractivity contribution is 7.90. The minimum absolute atomic E-state index is 0.0738. The van der Waals surface area contributed by atoms with Gasteiger partial charge in [-0.25, -0.2) is 26.3 Å². The monoisotopic (exact) mass is 320 g/mol. The summed E-state index contributed by atoms with van der Waals surface area (Å²) in [6.45, 7) is 4.38. The summed E-state index contributed by atoms with van der Waals surface area (Å²) in [5.41, 5.74) is 0. The lowest BCUT2D eigenvalue weighted by Crippen LogP contribution is -2.29. The van der Waals surface area contributed by atoms with Crippen molar-refractivity contribution in [3.8, 4) is 0 Å². The van der Waals surface area contributed by atoms with Crippen molar-refractivity contribution >= 4 is 20.0 Å². The number of hydrogen-bond donors (Lipinski definition) is 1. The second-order valence-corrected chi connectivity index (χ2v) is 8.64. The lowest BCUT2D eigenvalue weighted by Gasteiger charge is -2.18. The van der Waals surface area contributed by atoms with Crippen LogP contribution in [-0.2, 0) is 20.0 Å². The van der Waals surface area contributed by atoms with Crippen molar-refractivity contribution in [1.29, 1.82) is 0 Å². The van der Waals surface area contributed by atoms with E-state index in [-0.39, 0.29) is 9.79 Å². The van der Waals surface area contributed by atoms with Crippen molar-refractivity contribution in [3.05, 3.63) is 24.3 Å². The molecule has 1 aromatic rings. The van der Waals surface area contributed by atoms with Crippen LogP contribution in [0.3, 0.4) is 0 Å². The Morgan fingerprint density at radius 2 is 1.70 bits per heavy atom. The summed E-state index contributed by atoms with van der Waals surface area (Å²) >= 11 is 0. The van der Waals surface area contributed by atoms with Gasteiger partial charge in [-0.3, -0.25) is 0 Å². The molecule has 6 nitrogen and oxygen atoms in total. The van der Waals surface area contributed by atoms with Crippen LogP contribution in [0.5, 0.6) is 0 Å². The van der Waals surface area contributed by atoms with Crippen LogP contribution in [0.1, 0.15) is 20.3 Å². The Bertz CT molecular complexity index is 666. The second kappa shape index (κ2) is 6.21. The molecule has 0 unspecified atom stereocenters. The highest BCUT2D eigenvalue weighted by Crippen LogP contribution is 2.18. The lowest BCUT2D eigenvalue weighted by molar-refractivity contribution is 0.428. The first-order valence-corrected chi connectivity index (χ1v) is 9.13. The van der Waals surface area contributed by atoms with Gasteiger partial charge in [-0.1, -0.05) is 19.9 Å². The average molecular weight is 320 g/mol. The summed E-state index contributed by atoms with van der Waals surface area (Å²) in [4.78, 5) is -0.286. The van der Waals surface area contributed by atoms with Gasteiger partial charge >= 0.3 is 0 Å². The van der Waals surface area contributed by atoms with Crippen molar-refractivity contribution in [3.63, 3.8) is 0 Å². The van der Waals surface area contributed by atoms with Crippen molar-refractivity contribution in [2.75, 3.05) is 13.6 Å². The third-order valence-corrected chi connectivity index (χ3v) is 5.63. The number of primary sulfonamides is 1. The van der Waals surface area contributed by atoms with E-state index in [2.05, 4.69) is 0 Å². The first-order chi connectivity index (χ1) is 9.05. The Labute approximate surface area is 120 Å². The first kappa shape index (κ1) is 17.1. The minimum Gasteiger partial charge on any atom is -0.225 e. The summed E-state index contributed by atoms with van der Waals surface area (Å²) in [5, 5.41) is 5.01. The van der Waals surface area contributed by atoms with Gasteiger partial charge in [0.15, 0.2) is 0 Å². The molecule has 0 heterocycles. The maximum Gasteiger partial charge on any atom is 0.242 e. The topological polar surface area (TPSA) is 97.5 Å². The number of sulfonamides is 2.